The van der Waals surface area contributed by atoms with Crippen molar-refractivity contribution in [2.45, 2.75) is 0 Å². The minimum Gasteiger partial charge on any atom is -0.497 e. The maximum absolute atomic E-state index is 13.5. The summed E-state index contributed by atoms with van der Waals surface area (Å²) in [7, 11) is 1.59. The van der Waals surface area contributed by atoms with Crippen LogP contribution >= 0.6 is 0 Å². The second-order valence-corrected chi connectivity index (χ2v) is 7.57. The summed E-state index contributed by atoms with van der Waals surface area (Å²) < 4.78 is 12.3. The topological polar surface area (TPSA) is 70.4 Å². The lowest BCUT2D eigenvalue weighted by molar-refractivity contribution is 0.0735. The zero-order chi connectivity index (χ0) is 23.5. The van der Waals surface area contributed by atoms with Gasteiger partial charge in [0.15, 0.2) is 0 Å². The lowest BCUT2D eigenvalue weighted by Crippen LogP contribution is -2.21. The highest BCUT2D eigenvalue weighted by molar-refractivity contribution is 5.91. The number of benzene rings is 4. The Morgan fingerprint density at radius 2 is 1.41 bits per heavy atom. The maximum atomic E-state index is 13.5. The van der Waals surface area contributed by atoms with E-state index in [1.54, 1.807) is 78.4 Å². The summed E-state index contributed by atoms with van der Waals surface area (Å²) in [5, 5.41) is 0.524. The van der Waals surface area contributed by atoms with E-state index in [1.165, 1.54) is 0 Å². The summed E-state index contributed by atoms with van der Waals surface area (Å²) in [5.41, 5.74) is 2.27. The number of methoxy groups -OCH3 is 1. The highest BCUT2D eigenvalue weighted by Crippen LogP contribution is 2.25. The monoisotopic (exact) mass is 448 g/mol. The van der Waals surface area contributed by atoms with Gasteiger partial charge in [0, 0.05) is 5.56 Å². The second-order valence-electron chi connectivity index (χ2n) is 7.57. The molecule has 0 N–H and O–H groups in total. The fourth-order valence-electron chi connectivity index (χ4n) is 3.71. The lowest BCUT2D eigenvalue weighted by Gasteiger charge is -2.14. The summed E-state index contributed by atoms with van der Waals surface area (Å²) >= 11 is 0. The van der Waals surface area contributed by atoms with Crippen molar-refractivity contribution in [1.82, 2.24) is 9.55 Å². The van der Waals surface area contributed by atoms with Gasteiger partial charge in [0.1, 0.15) is 17.3 Å². The maximum Gasteiger partial charge on any atom is 0.343 e. The van der Waals surface area contributed by atoms with Gasteiger partial charge in [0.2, 0.25) is 0 Å². The largest absolute Gasteiger partial charge is 0.497 e. The van der Waals surface area contributed by atoms with Gasteiger partial charge < -0.3 is 9.47 Å². The van der Waals surface area contributed by atoms with E-state index in [1.807, 2.05) is 36.4 Å². The highest BCUT2D eigenvalue weighted by Gasteiger charge is 2.15. The van der Waals surface area contributed by atoms with Crippen LogP contribution in [0.3, 0.4) is 0 Å². The van der Waals surface area contributed by atoms with Gasteiger partial charge in [-0.2, -0.15) is 0 Å². The molecule has 4 aromatic carbocycles. The first-order valence-electron chi connectivity index (χ1n) is 10.7. The Morgan fingerprint density at radius 1 is 0.765 bits per heavy atom. The van der Waals surface area contributed by atoms with Crippen molar-refractivity contribution in [3.8, 4) is 28.6 Å². The Hall–Kier alpha value is -4.71. The van der Waals surface area contributed by atoms with Crippen LogP contribution in [0.4, 0.5) is 0 Å². The molecule has 0 radical (unpaired) electrons. The first kappa shape index (κ1) is 21.2. The molecule has 0 bridgehead atoms. The van der Waals surface area contributed by atoms with Gasteiger partial charge in [-0.1, -0.05) is 30.3 Å². The van der Waals surface area contributed by atoms with E-state index in [-0.39, 0.29) is 5.56 Å². The van der Waals surface area contributed by atoms with Gasteiger partial charge in [-0.25, -0.2) is 9.78 Å². The summed E-state index contributed by atoms with van der Waals surface area (Å²) in [6.45, 7) is 0. The summed E-state index contributed by atoms with van der Waals surface area (Å²) in [6.07, 6.45) is 0. The van der Waals surface area contributed by atoms with Gasteiger partial charge in [-0.05, 0) is 72.8 Å². The van der Waals surface area contributed by atoms with Gasteiger partial charge in [-0.15, -0.1) is 0 Å². The van der Waals surface area contributed by atoms with Crippen molar-refractivity contribution in [2.24, 2.45) is 0 Å². The Bertz CT molecular complexity index is 1520. The summed E-state index contributed by atoms with van der Waals surface area (Å²) in [4.78, 5) is 30.6. The zero-order valence-corrected chi connectivity index (χ0v) is 18.3. The van der Waals surface area contributed by atoms with Crippen LogP contribution in [0, 0.1) is 0 Å². The minimum absolute atomic E-state index is 0.176. The molecule has 5 aromatic rings. The highest BCUT2D eigenvalue weighted by atomic mass is 16.5. The number of hydrogen-bond acceptors (Lipinski definition) is 5. The van der Waals surface area contributed by atoms with Crippen molar-refractivity contribution >= 4 is 16.9 Å². The Balaban J connectivity index is 1.57. The van der Waals surface area contributed by atoms with Gasteiger partial charge >= 0.3 is 5.97 Å². The van der Waals surface area contributed by atoms with Crippen molar-refractivity contribution in [1.29, 1.82) is 0 Å². The molecule has 166 valence electrons. The van der Waals surface area contributed by atoms with Crippen LogP contribution in [0.1, 0.15) is 10.4 Å². The molecule has 5 rings (SSSR count). The number of para-hydroxylation sites is 1. The molecule has 6 heteroatoms. The first-order valence-corrected chi connectivity index (χ1v) is 10.7. The Morgan fingerprint density at radius 3 is 2.12 bits per heavy atom. The smallest absolute Gasteiger partial charge is 0.343 e. The first-order chi connectivity index (χ1) is 16.6. The molecule has 0 saturated heterocycles. The molecule has 0 saturated carbocycles. The molecule has 0 aliphatic rings. The standard InChI is InChI=1S/C28H20N2O4/c1-33-22-17-13-21(14-18-22)30-26(29-25-10-6-5-9-24(25)27(30)31)19-11-15-23(16-12-19)34-28(32)20-7-3-2-4-8-20/h2-18H,1H3. The lowest BCUT2D eigenvalue weighted by atomic mass is 10.1. The third kappa shape index (κ3) is 4.04. The van der Waals surface area contributed by atoms with Gasteiger partial charge in [0.25, 0.3) is 5.56 Å². The van der Waals surface area contributed by atoms with E-state index in [9.17, 15) is 9.59 Å². The second kappa shape index (κ2) is 9.03. The number of hydrogen-bond donors (Lipinski definition) is 0. The SMILES string of the molecule is COc1ccc(-n2c(-c3ccc(OC(=O)c4ccccc4)cc3)nc3ccccc3c2=O)cc1. The van der Waals surface area contributed by atoms with Gasteiger partial charge in [-0.3, -0.25) is 9.36 Å². The van der Waals surface area contributed by atoms with E-state index in [0.29, 0.717) is 45.0 Å². The van der Waals surface area contributed by atoms with Gasteiger partial charge in [0.05, 0.1) is 29.3 Å². The number of ether oxygens (including phenoxy) is 2. The quantitative estimate of drug-likeness (QED) is 0.270. The molecule has 0 aliphatic heterocycles. The van der Waals surface area contributed by atoms with E-state index < -0.39 is 5.97 Å². The molecule has 0 aliphatic carbocycles. The van der Waals surface area contributed by atoms with Crippen LogP contribution in [0.2, 0.25) is 0 Å². The van der Waals surface area contributed by atoms with Crippen LogP contribution < -0.4 is 15.0 Å². The van der Waals surface area contributed by atoms with Crippen molar-refractivity contribution in [3.05, 3.63) is 119 Å². The molecule has 6 nitrogen and oxygen atoms in total. The number of carbonyl (C=O) groups excluding carboxylic acids is 1. The van der Waals surface area contributed by atoms with Crippen LogP contribution in [-0.4, -0.2) is 22.6 Å². The number of esters is 1. The fourth-order valence-corrected chi connectivity index (χ4v) is 3.71. The molecule has 0 amide bonds. The van der Waals surface area contributed by atoms with E-state index in [2.05, 4.69) is 0 Å². The van der Waals surface area contributed by atoms with Crippen molar-refractivity contribution in [2.75, 3.05) is 7.11 Å². The molecule has 1 aromatic heterocycles. The minimum atomic E-state index is -0.438. The average molecular weight is 448 g/mol. The summed E-state index contributed by atoms with van der Waals surface area (Å²) in [5.74, 6) is 1.13. The molecule has 0 unspecified atom stereocenters. The third-order valence-corrected chi connectivity index (χ3v) is 5.44. The number of carbonyl (C=O) groups is 1. The molecule has 0 spiro atoms. The number of aromatic nitrogens is 2. The Labute approximate surface area is 195 Å². The zero-order valence-electron chi connectivity index (χ0n) is 18.3. The van der Waals surface area contributed by atoms with E-state index in [0.717, 1.165) is 0 Å². The third-order valence-electron chi connectivity index (χ3n) is 5.44. The molecular weight excluding hydrogens is 428 g/mol. The summed E-state index contributed by atoms with van der Waals surface area (Å²) in [6, 6.07) is 30.2. The Kier molecular flexibility index (Phi) is 5.62. The average Bonchev–Trinajstić information content (AvgIpc) is 2.90. The van der Waals surface area contributed by atoms with E-state index >= 15 is 0 Å². The normalized spacial score (nSPS) is 10.7. The molecule has 1 heterocycles. The van der Waals surface area contributed by atoms with Crippen molar-refractivity contribution in [3.63, 3.8) is 0 Å². The van der Waals surface area contributed by atoms with E-state index in [4.69, 9.17) is 14.5 Å². The fraction of sp³-hybridized carbons (Fsp3) is 0.0357. The van der Waals surface area contributed by atoms with Crippen LogP contribution in [-0.2, 0) is 0 Å². The number of rotatable bonds is 5. The molecule has 0 atom stereocenters. The number of nitrogens with zero attached hydrogens (tertiary/aromatic N) is 2. The molecule has 0 fully saturated rings. The van der Waals surface area contributed by atoms with Crippen LogP contribution in [0.5, 0.6) is 11.5 Å². The predicted octanol–water partition coefficient (Wildman–Crippen LogP) is 5.28. The predicted molar refractivity (Wildman–Crippen MR) is 131 cm³/mol. The number of fused-ring (bicyclic) bond motifs is 1. The molecular formula is C28H20N2O4. The molecule has 34 heavy (non-hydrogen) atoms. The van der Waals surface area contributed by atoms with Crippen molar-refractivity contribution < 1.29 is 14.3 Å². The van der Waals surface area contributed by atoms with Crippen LogP contribution in [0.25, 0.3) is 28.0 Å². The van der Waals surface area contributed by atoms with Crippen LogP contribution in [0.15, 0.2) is 108 Å².